The molecule has 0 saturated carbocycles. The quantitative estimate of drug-likeness (QED) is 0.874. The number of nitrogens with zero attached hydrogens (tertiary/aromatic N) is 1. The van der Waals surface area contributed by atoms with Gasteiger partial charge in [0.1, 0.15) is 5.75 Å². The summed E-state index contributed by atoms with van der Waals surface area (Å²) >= 11 is 6.07. The van der Waals surface area contributed by atoms with Crippen LogP contribution in [-0.2, 0) is 4.79 Å². The number of nitrogens with one attached hydrogen (secondary N) is 1. The average Bonchev–Trinajstić information content (AvgIpc) is 3.02. The van der Waals surface area contributed by atoms with Gasteiger partial charge in [-0.2, -0.15) is 0 Å². The smallest absolute Gasteiger partial charge is 0.257 e. The third kappa shape index (κ3) is 3.94. The van der Waals surface area contributed by atoms with E-state index in [1.54, 1.807) is 47.4 Å². The SMILES string of the molecule is CCOc1ccc(NC(=O)c2ccc(Cl)cc2N2CCCC2=O)cc1. The Morgan fingerprint density at radius 3 is 2.64 bits per heavy atom. The molecule has 0 radical (unpaired) electrons. The summed E-state index contributed by atoms with van der Waals surface area (Å²) in [6.07, 6.45) is 1.28. The molecule has 0 aliphatic carbocycles. The molecule has 1 heterocycles. The first-order valence-corrected chi connectivity index (χ1v) is 8.60. The van der Waals surface area contributed by atoms with Crippen LogP contribution >= 0.6 is 11.6 Å². The van der Waals surface area contributed by atoms with E-state index in [9.17, 15) is 9.59 Å². The van der Waals surface area contributed by atoms with Gasteiger partial charge in [-0.1, -0.05) is 11.6 Å². The molecule has 6 heteroatoms. The van der Waals surface area contributed by atoms with Crippen molar-refractivity contribution in [2.45, 2.75) is 19.8 Å². The number of hydrogen-bond donors (Lipinski definition) is 1. The monoisotopic (exact) mass is 358 g/mol. The van der Waals surface area contributed by atoms with Crippen molar-refractivity contribution in [2.24, 2.45) is 0 Å². The summed E-state index contributed by atoms with van der Waals surface area (Å²) in [6, 6.07) is 12.1. The topological polar surface area (TPSA) is 58.6 Å². The van der Waals surface area contributed by atoms with Crippen molar-refractivity contribution in [3.8, 4) is 5.75 Å². The lowest BCUT2D eigenvalue weighted by molar-refractivity contribution is -0.117. The summed E-state index contributed by atoms with van der Waals surface area (Å²) in [4.78, 5) is 26.4. The van der Waals surface area contributed by atoms with Crippen molar-refractivity contribution in [1.82, 2.24) is 0 Å². The Morgan fingerprint density at radius 2 is 2.00 bits per heavy atom. The van der Waals surface area contributed by atoms with Crippen LogP contribution in [0.15, 0.2) is 42.5 Å². The second kappa shape index (κ2) is 7.57. The molecule has 25 heavy (non-hydrogen) atoms. The molecule has 0 spiro atoms. The maximum absolute atomic E-state index is 12.7. The molecule has 2 aromatic rings. The maximum Gasteiger partial charge on any atom is 0.257 e. The fraction of sp³-hybridized carbons (Fsp3) is 0.263. The fourth-order valence-corrected chi connectivity index (χ4v) is 2.99. The van der Waals surface area contributed by atoms with Gasteiger partial charge in [-0.3, -0.25) is 9.59 Å². The highest BCUT2D eigenvalue weighted by atomic mass is 35.5. The van der Waals surface area contributed by atoms with E-state index < -0.39 is 0 Å². The summed E-state index contributed by atoms with van der Waals surface area (Å²) in [5.41, 5.74) is 1.63. The van der Waals surface area contributed by atoms with Gasteiger partial charge < -0.3 is 15.0 Å². The van der Waals surface area contributed by atoms with Crippen LogP contribution in [0, 0.1) is 0 Å². The summed E-state index contributed by atoms with van der Waals surface area (Å²) in [5, 5.41) is 3.34. The Morgan fingerprint density at radius 1 is 1.24 bits per heavy atom. The zero-order valence-corrected chi connectivity index (χ0v) is 14.7. The molecule has 0 atom stereocenters. The van der Waals surface area contributed by atoms with Gasteiger partial charge in [0.2, 0.25) is 5.91 Å². The number of amides is 2. The minimum Gasteiger partial charge on any atom is -0.494 e. The first kappa shape index (κ1) is 17.3. The lowest BCUT2D eigenvalue weighted by atomic mass is 10.1. The predicted octanol–water partition coefficient (Wildman–Crippen LogP) is 4.12. The third-order valence-electron chi connectivity index (χ3n) is 3.99. The third-order valence-corrected chi connectivity index (χ3v) is 4.23. The molecule has 2 aromatic carbocycles. The number of rotatable bonds is 5. The van der Waals surface area contributed by atoms with Crippen LogP contribution in [0.2, 0.25) is 5.02 Å². The van der Waals surface area contributed by atoms with Gasteiger partial charge in [0.05, 0.1) is 17.9 Å². The molecule has 0 bridgehead atoms. The molecule has 0 aromatic heterocycles. The number of anilines is 2. The van der Waals surface area contributed by atoms with Gasteiger partial charge in [-0.25, -0.2) is 0 Å². The Labute approximate surface area is 151 Å². The van der Waals surface area contributed by atoms with Crippen LogP contribution in [0.25, 0.3) is 0 Å². The van der Waals surface area contributed by atoms with Crippen LogP contribution in [0.5, 0.6) is 5.75 Å². The van der Waals surface area contributed by atoms with Crippen LogP contribution in [-0.4, -0.2) is 25.0 Å². The first-order chi connectivity index (χ1) is 12.1. The van der Waals surface area contributed by atoms with Crippen molar-refractivity contribution < 1.29 is 14.3 Å². The van der Waals surface area contributed by atoms with Gasteiger partial charge in [-0.05, 0) is 55.8 Å². The Balaban J connectivity index is 1.83. The van der Waals surface area contributed by atoms with E-state index in [1.807, 2.05) is 6.92 Å². The minimum atomic E-state index is -0.282. The van der Waals surface area contributed by atoms with Crippen molar-refractivity contribution in [3.63, 3.8) is 0 Å². The van der Waals surface area contributed by atoms with E-state index in [1.165, 1.54) is 0 Å². The highest BCUT2D eigenvalue weighted by Gasteiger charge is 2.26. The highest BCUT2D eigenvalue weighted by molar-refractivity contribution is 6.31. The molecular weight excluding hydrogens is 340 g/mol. The van der Waals surface area contributed by atoms with Crippen LogP contribution in [0.1, 0.15) is 30.1 Å². The van der Waals surface area contributed by atoms with E-state index in [4.69, 9.17) is 16.3 Å². The molecule has 0 unspecified atom stereocenters. The second-order valence-corrected chi connectivity index (χ2v) is 6.16. The summed E-state index contributed by atoms with van der Waals surface area (Å²) in [5.74, 6) is 0.475. The number of benzene rings is 2. The lowest BCUT2D eigenvalue weighted by Crippen LogP contribution is -2.27. The summed E-state index contributed by atoms with van der Waals surface area (Å²) in [7, 11) is 0. The molecule has 1 aliphatic rings. The largest absolute Gasteiger partial charge is 0.494 e. The number of ether oxygens (including phenoxy) is 1. The number of carbonyl (C=O) groups is 2. The Kier molecular flexibility index (Phi) is 5.24. The lowest BCUT2D eigenvalue weighted by Gasteiger charge is -2.19. The highest BCUT2D eigenvalue weighted by Crippen LogP contribution is 2.29. The second-order valence-electron chi connectivity index (χ2n) is 5.72. The summed E-state index contributed by atoms with van der Waals surface area (Å²) in [6.45, 7) is 3.10. The molecule has 1 fully saturated rings. The fourth-order valence-electron chi connectivity index (χ4n) is 2.82. The predicted molar refractivity (Wildman–Crippen MR) is 98.6 cm³/mol. The number of carbonyl (C=O) groups excluding carboxylic acids is 2. The van der Waals surface area contributed by atoms with Gasteiger partial charge in [0, 0.05) is 23.7 Å². The van der Waals surface area contributed by atoms with Crippen molar-refractivity contribution in [3.05, 3.63) is 53.1 Å². The van der Waals surface area contributed by atoms with Crippen molar-refractivity contribution >= 4 is 34.8 Å². The minimum absolute atomic E-state index is 0.0115. The number of hydrogen-bond acceptors (Lipinski definition) is 3. The maximum atomic E-state index is 12.7. The molecule has 1 saturated heterocycles. The Bertz CT molecular complexity index is 790. The van der Waals surface area contributed by atoms with Gasteiger partial charge in [0.15, 0.2) is 0 Å². The standard InChI is InChI=1S/C19H19ClN2O3/c1-2-25-15-8-6-14(7-9-15)21-19(24)16-10-5-13(20)12-17(16)22-11-3-4-18(22)23/h5-10,12H,2-4,11H2,1H3,(H,21,24). The van der Waals surface area contributed by atoms with Gasteiger partial charge in [-0.15, -0.1) is 0 Å². The number of halogens is 1. The molecule has 2 amide bonds. The van der Waals surface area contributed by atoms with E-state index in [0.29, 0.717) is 41.5 Å². The first-order valence-electron chi connectivity index (χ1n) is 8.22. The molecule has 3 rings (SSSR count). The summed E-state index contributed by atoms with van der Waals surface area (Å²) < 4.78 is 5.39. The van der Waals surface area contributed by atoms with Gasteiger partial charge >= 0.3 is 0 Å². The van der Waals surface area contributed by atoms with Crippen LogP contribution < -0.4 is 15.0 Å². The van der Waals surface area contributed by atoms with Crippen LogP contribution in [0.4, 0.5) is 11.4 Å². The van der Waals surface area contributed by atoms with E-state index in [2.05, 4.69) is 5.32 Å². The zero-order chi connectivity index (χ0) is 17.8. The molecule has 5 nitrogen and oxygen atoms in total. The van der Waals surface area contributed by atoms with Gasteiger partial charge in [0.25, 0.3) is 5.91 Å². The normalized spacial score (nSPS) is 13.8. The molecule has 1 aliphatic heterocycles. The zero-order valence-electron chi connectivity index (χ0n) is 13.9. The molecular formula is C19H19ClN2O3. The van der Waals surface area contributed by atoms with Crippen molar-refractivity contribution in [1.29, 1.82) is 0 Å². The van der Waals surface area contributed by atoms with Crippen LogP contribution in [0.3, 0.4) is 0 Å². The molecule has 130 valence electrons. The van der Waals surface area contributed by atoms with Crippen molar-refractivity contribution in [2.75, 3.05) is 23.4 Å². The molecule has 1 N–H and O–H groups in total. The average molecular weight is 359 g/mol. The van der Waals surface area contributed by atoms with E-state index >= 15 is 0 Å². The van der Waals surface area contributed by atoms with E-state index in [0.717, 1.165) is 12.2 Å². The van der Waals surface area contributed by atoms with E-state index in [-0.39, 0.29) is 11.8 Å². The Hall–Kier alpha value is -2.53.